The zero-order chi connectivity index (χ0) is 20.4. The number of hydrogen-bond donors (Lipinski definition) is 0. The molecule has 0 N–H and O–H groups in total. The molecule has 5 heteroatoms. The molecule has 2 saturated carbocycles. The number of amides is 2. The summed E-state index contributed by atoms with van der Waals surface area (Å²) < 4.78 is 0. The third-order valence-electron chi connectivity index (χ3n) is 8.54. The highest BCUT2D eigenvalue weighted by molar-refractivity contribution is 5.83. The van der Waals surface area contributed by atoms with Gasteiger partial charge in [0, 0.05) is 57.6 Å². The Hall–Kier alpha value is -1.10. The minimum atomic E-state index is 0.213. The van der Waals surface area contributed by atoms with Gasteiger partial charge in [0.05, 0.1) is 0 Å². The van der Waals surface area contributed by atoms with Crippen LogP contribution in [0.1, 0.15) is 78.1 Å². The van der Waals surface area contributed by atoms with Gasteiger partial charge in [-0.25, -0.2) is 0 Å². The minimum Gasteiger partial charge on any atom is -0.343 e. The second-order valence-corrected chi connectivity index (χ2v) is 10.4. The van der Waals surface area contributed by atoms with Crippen LogP contribution >= 0.6 is 0 Å². The number of rotatable bonds is 5. The van der Waals surface area contributed by atoms with Crippen LogP contribution in [0.25, 0.3) is 0 Å². The normalized spacial score (nSPS) is 29.1. The first-order chi connectivity index (χ1) is 14.0. The van der Waals surface area contributed by atoms with Crippen molar-refractivity contribution in [2.75, 3.05) is 39.3 Å². The van der Waals surface area contributed by atoms with Crippen molar-refractivity contribution in [1.29, 1.82) is 0 Å². The van der Waals surface area contributed by atoms with Crippen molar-refractivity contribution in [3.05, 3.63) is 0 Å². The second kappa shape index (κ2) is 8.95. The highest BCUT2D eigenvalue weighted by Crippen LogP contribution is 2.60. The monoisotopic (exact) mass is 403 g/mol. The van der Waals surface area contributed by atoms with Crippen molar-refractivity contribution < 1.29 is 9.59 Å². The maximum Gasteiger partial charge on any atom is 0.226 e. The lowest BCUT2D eigenvalue weighted by atomic mass is 9.89. The molecular formula is C24H41N3O2. The molecular weight excluding hydrogens is 362 g/mol. The zero-order valence-corrected chi connectivity index (χ0v) is 18.7. The summed E-state index contributed by atoms with van der Waals surface area (Å²) >= 11 is 0. The molecule has 2 amide bonds. The van der Waals surface area contributed by atoms with Gasteiger partial charge in [-0.1, -0.05) is 39.5 Å². The Balaban J connectivity index is 1.21. The molecule has 0 radical (unpaired) electrons. The zero-order valence-electron chi connectivity index (χ0n) is 18.7. The van der Waals surface area contributed by atoms with E-state index < -0.39 is 0 Å². The van der Waals surface area contributed by atoms with Crippen LogP contribution in [0.4, 0.5) is 0 Å². The Morgan fingerprint density at radius 2 is 1.59 bits per heavy atom. The number of carbonyl (C=O) groups excluding carboxylic acids is 2. The molecule has 0 aromatic rings. The molecule has 0 bridgehead atoms. The SMILES string of the molecule is CCC(C)CC(=O)N1CCC2(CC1)CC2C(=O)N1CCN(C2CCCCC2)CC1. The van der Waals surface area contributed by atoms with Crippen molar-refractivity contribution in [2.24, 2.45) is 17.3 Å². The Labute approximate surface area is 177 Å². The average Bonchev–Trinajstić information content (AvgIpc) is 3.47. The van der Waals surface area contributed by atoms with Crippen LogP contribution < -0.4 is 0 Å². The molecule has 4 fully saturated rings. The Kier molecular flexibility index (Phi) is 6.53. The molecule has 0 aromatic heterocycles. The van der Waals surface area contributed by atoms with E-state index >= 15 is 0 Å². The van der Waals surface area contributed by atoms with Crippen LogP contribution in [0.5, 0.6) is 0 Å². The van der Waals surface area contributed by atoms with Gasteiger partial charge in [0.2, 0.25) is 11.8 Å². The van der Waals surface area contributed by atoms with Gasteiger partial charge in [-0.05, 0) is 43.4 Å². The highest BCUT2D eigenvalue weighted by atomic mass is 16.2. The smallest absolute Gasteiger partial charge is 0.226 e. The number of piperidine rings is 1. The largest absolute Gasteiger partial charge is 0.343 e. The number of hydrogen-bond acceptors (Lipinski definition) is 3. The van der Waals surface area contributed by atoms with Gasteiger partial charge in [0.15, 0.2) is 0 Å². The lowest BCUT2D eigenvalue weighted by Crippen LogP contribution is -2.53. The molecule has 2 atom stereocenters. The quantitative estimate of drug-likeness (QED) is 0.705. The Morgan fingerprint density at radius 1 is 0.931 bits per heavy atom. The van der Waals surface area contributed by atoms with Gasteiger partial charge in [-0.2, -0.15) is 0 Å². The van der Waals surface area contributed by atoms with E-state index in [1.54, 1.807) is 0 Å². The summed E-state index contributed by atoms with van der Waals surface area (Å²) in [6, 6.07) is 0.769. The topological polar surface area (TPSA) is 43.9 Å². The molecule has 2 aliphatic heterocycles. The van der Waals surface area contributed by atoms with E-state index in [9.17, 15) is 9.59 Å². The summed E-state index contributed by atoms with van der Waals surface area (Å²) in [6.07, 6.45) is 11.7. The molecule has 29 heavy (non-hydrogen) atoms. The van der Waals surface area contributed by atoms with E-state index in [0.29, 0.717) is 24.2 Å². The van der Waals surface area contributed by atoms with Crippen molar-refractivity contribution >= 4 is 11.8 Å². The molecule has 2 saturated heterocycles. The summed E-state index contributed by atoms with van der Waals surface area (Å²) in [6.45, 7) is 9.99. The molecule has 164 valence electrons. The van der Waals surface area contributed by atoms with E-state index in [4.69, 9.17) is 0 Å². The number of nitrogens with zero attached hydrogens (tertiary/aromatic N) is 3. The van der Waals surface area contributed by atoms with Crippen molar-refractivity contribution in [1.82, 2.24) is 14.7 Å². The molecule has 4 aliphatic rings. The van der Waals surface area contributed by atoms with E-state index in [2.05, 4.69) is 28.5 Å². The van der Waals surface area contributed by atoms with E-state index in [1.165, 1.54) is 32.1 Å². The van der Waals surface area contributed by atoms with Crippen LogP contribution in [-0.2, 0) is 9.59 Å². The average molecular weight is 404 g/mol. The fourth-order valence-corrected chi connectivity index (χ4v) is 6.00. The van der Waals surface area contributed by atoms with Crippen LogP contribution in [0.3, 0.4) is 0 Å². The molecule has 2 heterocycles. The second-order valence-electron chi connectivity index (χ2n) is 10.4. The van der Waals surface area contributed by atoms with Crippen LogP contribution in [0.15, 0.2) is 0 Å². The Bertz CT molecular complexity index is 585. The van der Waals surface area contributed by atoms with Crippen LogP contribution in [0.2, 0.25) is 0 Å². The molecule has 1 spiro atoms. The lowest BCUT2D eigenvalue weighted by molar-refractivity contribution is -0.136. The van der Waals surface area contributed by atoms with E-state index in [0.717, 1.165) is 71.0 Å². The lowest BCUT2D eigenvalue weighted by Gasteiger charge is -2.41. The molecule has 2 unspecified atom stereocenters. The first-order valence-corrected chi connectivity index (χ1v) is 12.3. The van der Waals surface area contributed by atoms with Gasteiger partial charge < -0.3 is 9.80 Å². The Morgan fingerprint density at radius 3 is 2.21 bits per heavy atom. The van der Waals surface area contributed by atoms with Gasteiger partial charge in [0.25, 0.3) is 0 Å². The molecule has 5 nitrogen and oxygen atoms in total. The molecule has 0 aromatic carbocycles. The molecule has 2 aliphatic carbocycles. The van der Waals surface area contributed by atoms with Gasteiger partial charge in [-0.3, -0.25) is 14.5 Å². The maximum atomic E-state index is 13.1. The summed E-state index contributed by atoms with van der Waals surface area (Å²) in [5.74, 6) is 1.43. The van der Waals surface area contributed by atoms with E-state index in [-0.39, 0.29) is 11.3 Å². The predicted molar refractivity (Wildman–Crippen MR) is 115 cm³/mol. The summed E-state index contributed by atoms with van der Waals surface area (Å²) in [5, 5.41) is 0. The summed E-state index contributed by atoms with van der Waals surface area (Å²) in [4.78, 5) is 32.5. The number of carbonyl (C=O) groups is 2. The number of piperazine rings is 1. The first-order valence-electron chi connectivity index (χ1n) is 12.3. The van der Waals surface area contributed by atoms with Crippen molar-refractivity contribution in [3.8, 4) is 0 Å². The third-order valence-corrected chi connectivity index (χ3v) is 8.54. The van der Waals surface area contributed by atoms with Gasteiger partial charge in [0.1, 0.15) is 0 Å². The number of likely N-dealkylation sites (tertiary alicyclic amines) is 1. The van der Waals surface area contributed by atoms with Crippen LogP contribution in [-0.4, -0.2) is 71.8 Å². The van der Waals surface area contributed by atoms with Crippen molar-refractivity contribution in [3.63, 3.8) is 0 Å². The summed E-state index contributed by atoms with van der Waals surface area (Å²) in [7, 11) is 0. The van der Waals surface area contributed by atoms with Crippen LogP contribution in [0, 0.1) is 17.3 Å². The molecule has 4 rings (SSSR count). The standard InChI is InChI=1S/C24H41N3O2/c1-3-19(2)17-22(28)26-11-9-24(10-12-26)18-21(24)23(29)27-15-13-25(14-16-27)20-7-5-4-6-8-20/h19-21H,3-18H2,1-2H3. The third kappa shape index (κ3) is 4.65. The van der Waals surface area contributed by atoms with Crippen molar-refractivity contribution in [2.45, 2.75) is 84.1 Å². The minimum absolute atomic E-state index is 0.213. The highest BCUT2D eigenvalue weighted by Gasteiger charge is 2.59. The maximum absolute atomic E-state index is 13.1. The fraction of sp³-hybridized carbons (Fsp3) is 0.917. The van der Waals surface area contributed by atoms with Gasteiger partial charge >= 0.3 is 0 Å². The first kappa shape index (κ1) is 21.1. The van der Waals surface area contributed by atoms with E-state index in [1.807, 2.05) is 0 Å². The predicted octanol–water partition coefficient (Wildman–Crippen LogP) is 3.53. The van der Waals surface area contributed by atoms with Gasteiger partial charge in [-0.15, -0.1) is 0 Å². The fourth-order valence-electron chi connectivity index (χ4n) is 6.00. The summed E-state index contributed by atoms with van der Waals surface area (Å²) in [5.41, 5.74) is 0.213.